The Morgan fingerprint density at radius 2 is 1.83 bits per heavy atom. The lowest BCUT2D eigenvalue weighted by atomic mass is 9.79. The second-order valence-electron chi connectivity index (χ2n) is 8.28. The van der Waals surface area contributed by atoms with Gasteiger partial charge in [-0.25, -0.2) is 4.79 Å². The summed E-state index contributed by atoms with van der Waals surface area (Å²) < 4.78 is 11.3. The zero-order valence-corrected chi connectivity index (χ0v) is 17.4. The summed E-state index contributed by atoms with van der Waals surface area (Å²) in [5.41, 5.74) is 0. The van der Waals surface area contributed by atoms with Gasteiger partial charge >= 0.3 is 5.97 Å². The molecule has 0 spiro atoms. The predicted molar refractivity (Wildman–Crippen MR) is 104 cm³/mol. The number of hydrogen-bond donors (Lipinski definition) is 0. The molecule has 138 valence electrons. The molecule has 0 aliphatic heterocycles. The van der Waals surface area contributed by atoms with E-state index in [0.717, 1.165) is 6.61 Å². The van der Waals surface area contributed by atoms with Crippen LogP contribution in [-0.4, -0.2) is 27.5 Å². The van der Waals surface area contributed by atoms with E-state index in [1.54, 1.807) is 6.08 Å². The molecule has 1 fully saturated rings. The Bertz CT molecular complexity index is 446. The van der Waals surface area contributed by atoms with Gasteiger partial charge in [0.05, 0.1) is 6.61 Å². The molecule has 0 aromatic rings. The van der Waals surface area contributed by atoms with E-state index in [-0.39, 0.29) is 11.0 Å². The zero-order valence-electron chi connectivity index (χ0n) is 16.4. The highest BCUT2D eigenvalue weighted by Crippen LogP contribution is 2.38. The van der Waals surface area contributed by atoms with Crippen molar-refractivity contribution in [2.24, 2.45) is 11.8 Å². The molecule has 1 aliphatic rings. The molecule has 1 saturated carbocycles. The Labute approximate surface area is 149 Å². The van der Waals surface area contributed by atoms with E-state index in [9.17, 15) is 4.79 Å². The number of hydrogen-bond acceptors (Lipinski definition) is 3. The first-order chi connectivity index (χ1) is 11.2. The standard InChI is InChI=1S/C20H36O3Si/c1-7-22-19(21)15-11-10-13-17-12-8-9-14-18(17)16-23-24(5,6)20(2,3)4/h10-11,13,15,17-18H,7-9,12,14,16H2,1-6H3/b13-10+,15-11+/t17-,18+/m0/s1. The summed E-state index contributed by atoms with van der Waals surface area (Å²) >= 11 is 0. The fourth-order valence-electron chi connectivity index (χ4n) is 2.76. The second-order valence-corrected chi connectivity index (χ2v) is 13.1. The summed E-state index contributed by atoms with van der Waals surface area (Å²) in [5, 5.41) is 0.259. The van der Waals surface area contributed by atoms with Crippen LogP contribution in [0.1, 0.15) is 53.4 Å². The van der Waals surface area contributed by atoms with Gasteiger partial charge in [-0.1, -0.05) is 51.8 Å². The Kier molecular flexibility index (Phi) is 8.44. The van der Waals surface area contributed by atoms with Crippen molar-refractivity contribution in [2.75, 3.05) is 13.2 Å². The number of esters is 1. The van der Waals surface area contributed by atoms with Gasteiger partial charge in [-0.2, -0.15) is 0 Å². The van der Waals surface area contributed by atoms with E-state index < -0.39 is 8.32 Å². The van der Waals surface area contributed by atoms with Crippen LogP contribution in [0.25, 0.3) is 0 Å². The maximum absolute atomic E-state index is 11.3. The van der Waals surface area contributed by atoms with Crippen molar-refractivity contribution in [1.29, 1.82) is 0 Å². The van der Waals surface area contributed by atoms with E-state index in [2.05, 4.69) is 39.9 Å². The van der Waals surface area contributed by atoms with Gasteiger partial charge in [-0.15, -0.1) is 0 Å². The van der Waals surface area contributed by atoms with Crippen LogP contribution >= 0.6 is 0 Å². The molecule has 0 aromatic carbocycles. The Hall–Kier alpha value is -0.873. The Morgan fingerprint density at radius 3 is 2.46 bits per heavy atom. The molecule has 0 N–H and O–H groups in total. The van der Waals surface area contributed by atoms with Gasteiger partial charge in [0, 0.05) is 12.7 Å². The molecule has 1 aliphatic carbocycles. The fraction of sp³-hybridized carbons (Fsp3) is 0.750. The average Bonchev–Trinajstić information content (AvgIpc) is 2.49. The normalized spacial score (nSPS) is 23.1. The molecule has 3 nitrogen and oxygen atoms in total. The van der Waals surface area contributed by atoms with Crippen molar-refractivity contribution in [2.45, 2.75) is 71.5 Å². The van der Waals surface area contributed by atoms with Gasteiger partial charge in [0.1, 0.15) is 0 Å². The van der Waals surface area contributed by atoms with Crippen molar-refractivity contribution < 1.29 is 14.0 Å². The van der Waals surface area contributed by atoms with E-state index in [0.29, 0.717) is 18.4 Å². The van der Waals surface area contributed by atoms with Gasteiger partial charge in [0.15, 0.2) is 8.32 Å². The zero-order chi connectivity index (χ0) is 18.2. The first-order valence-electron chi connectivity index (χ1n) is 9.33. The highest BCUT2D eigenvalue weighted by Gasteiger charge is 2.38. The minimum absolute atomic E-state index is 0.259. The van der Waals surface area contributed by atoms with Gasteiger partial charge in [-0.3, -0.25) is 0 Å². The molecule has 1 rings (SSSR count). The van der Waals surface area contributed by atoms with Crippen molar-refractivity contribution in [3.63, 3.8) is 0 Å². The number of rotatable bonds is 7. The van der Waals surface area contributed by atoms with Gasteiger partial charge in [-0.05, 0) is 49.7 Å². The maximum atomic E-state index is 11.3. The lowest BCUT2D eigenvalue weighted by Gasteiger charge is -2.39. The average molecular weight is 353 g/mol. The molecular formula is C20H36O3Si. The molecule has 4 heteroatoms. The van der Waals surface area contributed by atoms with Gasteiger partial charge in [0.2, 0.25) is 0 Å². The molecule has 0 aromatic heterocycles. The Balaban J connectivity index is 2.58. The van der Waals surface area contributed by atoms with Crippen LogP contribution in [0, 0.1) is 11.8 Å². The summed E-state index contributed by atoms with van der Waals surface area (Å²) in [7, 11) is -1.68. The van der Waals surface area contributed by atoms with Crippen LogP contribution in [-0.2, 0) is 14.0 Å². The molecule has 0 radical (unpaired) electrons. The second kappa shape index (κ2) is 9.57. The van der Waals surface area contributed by atoms with Crippen LogP contribution in [0.3, 0.4) is 0 Å². The van der Waals surface area contributed by atoms with Crippen LogP contribution < -0.4 is 0 Å². The molecule has 24 heavy (non-hydrogen) atoms. The van der Waals surface area contributed by atoms with Crippen LogP contribution in [0.5, 0.6) is 0 Å². The highest BCUT2D eigenvalue weighted by atomic mass is 28.4. The molecule has 0 unspecified atom stereocenters. The number of carbonyl (C=O) groups is 1. The summed E-state index contributed by atoms with van der Waals surface area (Å²) in [6.07, 6.45) is 12.6. The fourth-order valence-corrected chi connectivity index (χ4v) is 3.82. The first-order valence-corrected chi connectivity index (χ1v) is 12.2. The molecule has 0 heterocycles. The monoisotopic (exact) mass is 352 g/mol. The SMILES string of the molecule is CCOC(=O)/C=C/C=C/[C@@H]1CCCC[C@@H]1CO[Si](C)(C)C(C)(C)C. The molecule has 0 bridgehead atoms. The number of allylic oxidation sites excluding steroid dienone is 3. The Morgan fingerprint density at radius 1 is 1.17 bits per heavy atom. The maximum Gasteiger partial charge on any atom is 0.330 e. The summed E-state index contributed by atoms with van der Waals surface area (Å²) in [5.74, 6) is 0.874. The minimum Gasteiger partial charge on any atom is -0.463 e. The summed E-state index contributed by atoms with van der Waals surface area (Å²) in [6.45, 7) is 14.6. The largest absolute Gasteiger partial charge is 0.463 e. The summed E-state index contributed by atoms with van der Waals surface area (Å²) in [4.78, 5) is 11.3. The van der Waals surface area contributed by atoms with Gasteiger partial charge in [0.25, 0.3) is 0 Å². The number of carbonyl (C=O) groups excluding carboxylic acids is 1. The lowest BCUT2D eigenvalue weighted by Crippen LogP contribution is -2.42. The quantitative estimate of drug-likeness (QED) is 0.263. The van der Waals surface area contributed by atoms with Crippen molar-refractivity contribution >= 4 is 14.3 Å². The van der Waals surface area contributed by atoms with Crippen LogP contribution in [0.2, 0.25) is 18.1 Å². The van der Waals surface area contributed by atoms with Crippen molar-refractivity contribution in [3.05, 3.63) is 24.3 Å². The molecular weight excluding hydrogens is 316 g/mol. The summed E-state index contributed by atoms with van der Waals surface area (Å²) in [6, 6.07) is 0. The first kappa shape index (κ1) is 21.2. The van der Waals surface area contributed by atoms with Crippen molar-refractivity contribution in [3.8, 4) is 0 Å². The third-order valence-corrected chi connectivity index (χ3v) is 9.92. The molecule has 2 atom stereocenters. The van der Waals surface area contributed by atoms with Crippen LogP contribution in [0.15, 0.2) is 24.3 Å². The van der Waals surface area contributed by atoms with E-state index >= 15 is 0 Å². The minimum atomic E-state index is -1.68. The molecule has 0 saturated heterocycles. The van der Waals surface area contributed by atoms with E-state index in [4.69, 9.17) is 9.16 Å². The predicted octanol–water partition coefficient (Wildman–Crippen LogP) is 5.49. The van der Waals surface area contributed by atoms with E-state index in [1.807, 2.05) is 13.0 Å². The third-order valence-electron chi connectivity index (χ3n) is 5.42. The van der Waals surface area contributed by atoms with E-state index in [1.165, 1.54) is 31.8 Å². The van der Waals surface area contributed by atoms with Crippen LogP contribution in [0.4, 0.5) is 0 Å². The third kappa shape index (κ3) is 6.94. The smallest absolute Gasteiger partial charge is 0.330 e. The van der Waals surface area contributed by atoms with Gasteiger partial charge < -0.3 is 9.16 Å². The topological polar surface area (TPSA) is 35.5 Å². The molecule has 0 amide bonds. The highest BCUT2D eigenvalue weighted by molar-refractivity contribution is 6.74. The number of ether oxygens (including phenoxy) is 1. The van der Waals surface area contributed by atoms with Crippen molar-refractivity contribution in [1.82, 2.24) is 0 Å². The lowest BCUT2D eigenvalue weighted by molar-refractivity contribution is -0.137.